The number of thioether (sulfide) groups is 1. The fourth-order valence-electron chi connectivity index (χ4n) is 3.19. The minimum absolute atomic E-state index is 0.0502. The fourth-order valence-corrected chi connectivity index (χ4v) is 4.36. The normalized spacial score (nSPS) is 16.1. The topological polar surface area (TPSA) is 71.8 Å². The zero-order valence-electron chi connectivity index (χ0n) is 15.8. The molecule has 1 aliphatic heterocycles. The standard InChI is InChI=1S/C22H20N2O4S/c1-2-27-18-10-8-17(9-11-18)24-20(25)14-29-22(24)15-5-3-6-16(13-15)23-21(26)19-7-4-12-28-19/h3-13,22H,2,14H2,1H3,(H,23,26). The number of nitrogens with one attached hydrogen (secondary N) is 1. The Kier molecular flexibility index (Phi) is 5.57. The van der Waals surface area contributed by atoms with E-state index in [1.807, 2.05) is 55.5 Å². The Hall–Kier alpha value is -3.19. The molecule has 2 amide bonds. The van der Waals surface area contributed by atoms with Crippen LogP contribution in [0.5, 0.6) is 5.75 Å². The lowest BCUT2D eigenvalue weighted by atomic mass is 10.1. The predicted molar refractivity (Wildman–Crippen MR) is 113 cm³/mol. The summed E-state index contributed by atoms with van der Waals surface area (Å²) in [5.74, 6) is 1.16. The first-order valence-corrected chi connectivity index (χ1v) is 10.3. The van der Waals surface area contributed by atoms with E-state index in [1.54, 1.807) is 28.8 Å². The Balaban J connectivity index is 1.56. The van der Waals surface area contributed by atoms with Crippen molar-refractivity contribution in [2.45, 2.75) is 12.3 Å². The van der Waals surface area contributed by atoms with Gasteiger partial charge in [-0.05, 0) is 61.0 Å². The first-order valence-electron chi connectivity index (χ1n) is 9.27. The molecule has 148 valence electrons. The van der Waals surface area contributed by atoms with Gasteiger partial charge in [0.15, 0.2) is 5.76 Å². The SMILES string of the molecule is CCOc1ccc(N2C(=O)CSC2c2cccc(NC(=O)c3ccco3)c2)cc1. The maximum absolute atomic E-state index is 12.6. The van der Waals surface area contributed by atoms with Crippen LogP contribution in [0.4, 0.5) is 11.4 Å². The third kappa shape index (κ3) is 4.14. The largest absolute Gasteiger partial charge is 0.494 e. The molecule has 0 aliphatic carbocycles. The summed E-state index contributed by atoms with van der Waals surface area (Å²) in [6.45, 7) is 2.53. The molecule has 0 bridgehead atoms. The lowest BCUT2D eigenvalue weighted by molar-refractivity contribution is -0.115. The Labute approximate surface area is 172 Å². The zero-order valence-corrected chi connectivity index (χ0v) is 16.6. The highest BCUT2D eigenvalue weighted by Gasteiger charge is 2.34. The number of anilines is 2. The second kappa shape index (κ2) is 8.45. The number of benzene rings is 2. The van der Waals surface area contributed by atoms with E-state index in [1.165, 1.54) is 6.26 Å². The highest BCUT2D eigenvalue weighted by atomic mass is 32.2. The lowest BCUT2D eigenvalue weighted by Crippen LogP contribution is -2.27. The van der Waals surface area contributed by atoms with E-state index < -0.39 is 0 Å². The summed E-state index contributed by atoms with van der Waals surface area (Å²) in [5, 5.41) is 2.67. The van der Waals surface area contributed by atoms with E-state index in [0.717, 1.165) is 17.0 Å². The number of carbonyl (C=O) groups excluding carboxylic acids is 2. The molecule has 1 unspecified atom stereocenters. The van der Waals surface area contributed by atoms with Gasteiger partial charge in [0.25, 0.3) is 5.91 Å². The second-order valence-electron chi connectivity index (χ2n) is 6.41. The molecule has 0 saturated carbocycles. The molecular weight excluding hydrogens is 388 g/mol. The highest BCUT2D eigenvalue weighted by molar-refractivity contribution is 8.00. The average Bonchev–Trinajstić information content (AvgIpc) is 3.39. The molecule has 1 fully saturated rings. The van der Waals surface area contributed by atoms with Gasteiger partial charge in [-0.25, -0.2) is 0 Å². The quantitative estimate of drug-likeness (QED) is 0.640. The van der Waals surface area contributed by atoms with Crippen LogP contribution in [0.2, 0.25) is 0 Å². The first kappa shape index (κ1) is 19.1. The molecule has 1 N–H and O–H groups in total. The van der Waals surface area contributed by atoms with Gasteiger partial charge in [-0.3, -0.25) is 14.5 Å². The van der Waals surface area contributed by atoms with Crippen molar-refractivity contribution in [3.05, 3.63) is 78.3 Å². The molecule has 2 heterocycles. The lowest BCUT2D eigenvalue weighted by Gasteiger charge is -2.25. The smallest absolute Gasteiger partial charge is 0.291 e. The van der Waals surface area contributed by atoms with E-state index >= 15 is 0 Å². The van der Waals surface area contributed by atoms with Crippen molar-refractivity contribution in [1.29, 1.82) is 0 Å². The molecule has 2 aromatic carbocycles. The number of furan rings is 1. The molecule has 3 aromatic rings. The molecule has 1 saturated heterocycles. The molecule has 1 aromatic heterocycles. The van der Waals surface area contributed by atoms with Crippen LogP contribution >= 0.6 is 11.8 Å². The van der Waals surface area contributed by atoms with E-state index in [9.17, 15) is 9.59 Å². The minimum Gasteiger partial charge on any atom is -0.494 e. The molecule has 0 radical (unpaired) electrons. The highest BCUT2D eigenvalue weighted by Crippen LogP contribution is 2.42. The maximum atomic E-state index is 12.6. The van der Waals surface area contributed by atoms with E-state index in [2.05, 4.69) is 5.32 Å². The van der Waals surface area contributed by atoms with Crippen LogP contribution in [-0.2, 0) is 4.79 Å². The van der Waals surface area contributed by atoms with Crippen LogP contribution < -0.4 is 15.0 Å². The molecule has 29 heavy (non-hydrogen) atoms. The summed E-state index contributed by atoms with van der Waals surface area (Å²) in [5.41, 5.74) is 2.40. The monoisotopic (exact) mass is 408 g/mol. The first-order chi connectivity index (χ1) is 14.2. The number of hydrogen-bond donors (Lipinski definition) is 1. The summed E-state index contributed by atoms with van der Waals surface area (Å²) in [6, 6.07) is 18.3. The third-order valence-corrected chi connectivity index (χ3v) is 5.68. The van der Waals surface area contributed by atoms with Crippen LogP contribution in [0, 0.1) is 0 Å². The van der Waals surface area contributed by atoms with Crippen molar-refractivity contribution < 1.29 is 18.7 Å². The van der Waals surface area contributed by atoms with Gasteiger partial charge in [-0.15, -0.1) is 11.8 Å². The van der Waals surface area contributed by atoms with Crippen LogP contribution in [0.15, 0.2) is 71.3 Å². The minimum atomic E-state index is -0.314. The molecule has 1 atom stereocenters. The van der Waals surface area contributed by atoms with Crippen molar-refractivity contribution in [2.24, 2.45) is 0 Å². The van der Waals surface area contributed by atoms with Crippen molar-refractivity contribution in [3.8, 4) is 5.75 Å². The van der Waals surface area contributed by atoms with Gasteiger partial charge in [-0.1, -0.05) is 12.1 Å². The number of amides is 2. The summed E-state index contributed by atoms with van der Waals surface area (Å²) >= 11 is 1.56. The number of carbonyl (C=O) groups is 2. The van der Waals surface area contributed by atoms with Gasteiger partial charge < -0.3 is 14.5 Å². The molecule has 1 aliphatic rings. The van der Waals surface area contributed by atoms with Crippen LogP contribution in [0.3, 0.4) is 0 Å². The van der Waals surface area contributed by atoms with Gasteiger partial charge >= 0.3 is 0 Å². The van der Waals surface area contributed by atoms with Crippen LogP contribution in [0.1, 0.15) is 28.4 Å². The molecule has 7 heteroatoms. The van der Waals surface area contributed by atoms with Crippen molar-refractivity contribution in [1.82, 2.24) is 0 Å². The Morgan fingerprint density at radius 1 is 1.21 bits per heavy atom. The van der Waals surface area contributed by atoms with E-state index in [-0.39, 0.29) is 22.9 Å². The van der Waals surface area contributed by atoms with Crippen molar-refractivity contribution >= 4 is 35.0 Å². The van der Waals surface area contributed by atoms with Gasteiger partial charge in [0.2, 0.25) is 5.91 Å². The maximum Gasteiger partial charge on any atom is 0.291 e. The van der Waals surface area contributed by atoms with E-state index in [0.29, 0.717) is 18.0 Å². The second-order valence-corrected chi connectivity index (χ2v) is 7.48. The van der Waals surface area contributed by atoms with Crippen LogP contribution in [-0.4, -0.2) is 24.2 Å². The summed E-state index contributed by atoms with van der Waals surface area (Å²) in [4.78, 5) is 26.6. The fraction of sp³-hybridized carbons (Fsp3) is 0.182. The zero-order chi connectivity index (χ0) is 20.2. The van der Waals surface area contributed by atoms with Gasteiger partial charge in [-0.2, -0.15) is 0 Å². The summed E-state index contributed by atoms with van der Waals surface area (Å²) in [7, 11) is 0. The third-order valence-electron chi connectivity index (χ3n) is 4.47. The van der Waals surface area contributed by atoms with Gasteiger partial charge in [0.05, 0.1) is 18.6 Å². The molecule has 6 nitrogen and oxygen atoms in total. The number of hydrogen-bond acceptors (Lipinski definition) is 5. The van der Waals surface area contributed by atoms with Gasteiger partial charge in [0.1, 0.15) is 11.1 Å². The average molecular weight is 408 g/mol. The van der Waals surface area contributed by atoms with Crippen molar-refractivity contribution in [3.63, 3.8) is 0 Å². The van der Waals surface area contributed by atoms with Crippen molar-refractivity contribution in [2.75, 3.05) is 22.6 Å². The Morgan fingerprint density at radius 3 is 2.76 bits per heavy atom. The predicted octanol–water partition coefficient (Wildman–Crippen LogP) is 4.71. The summed E-state index contributed by atoms with van der Waals surface area (Å²) < 4.78 is 10.6. The molecule has 4 rings (SSSR count). The Morgan fingerprint density at radius 2 is 2.03 bits per heavy atom. The number of ether oxygens (including phenoxy) is 1. The summed E-state index contributed by atoms with van der Waals surface area (Å²) in [6.07, 6.45) is 1.46. The Bertz CT molecular complexity index is 1000. The molecular formula is C22H20N2O4S. The van der Waals surface area contributed by atoms with Crippen LogP contribution in [0.25, 0.3) is 0 Å². The van der Waals surface area contributed by atoms with Gasteiger partial charge in [0, 0.05) is 11.4 Å². The molecule has 0 spiro atoms. The number of nitrogens with zero attached hydrogens (tertiary/aromatic N) is 1. The van der Waals surface area contributed by atoms with E-state index in [4.69, 9.17) is 9.15 Å². The number of rotatable bonds is 6.